The normalized spacial score (nSPS) is 10.3. The molecule has 8 nitrogen and oxygen atoms in total. The first-order valence-electron chi connectivity index (χ1n) is 9.12. The summed E-state index contributed by atoms with van der Waals surface area (Å²) in [5.41, 5.74) is 2.64. The smallest absolute Gasteiger partial charge is 0.340 e. The molecule has 0 aliphatic carbocycles. The standard InChI is InChI=1S/C21H21N5O3/c1-3-29-20(28)16-6-4-5-7-17(16)25-21-24-14(2)12-18(26-21)19(27)23-13-15-8-10-22-11-9-15/h4-12H,3,13H2,1-2H3,(H,23,27)(H,24,25,26). The third kappa shape index (κ3) is 5.35. The minimum atomic E-state index is -0.446. The van der Waals surface area contributed by atoms with Gasteiger partial charge in [0, 0.05) is 24.6 Å². The number of nitrogens with one attached hydrogen (secondary N) is 2. The zero-order valence-electron chi connectivity index (χ0n) is 16.2. The highest BCUT2D eigenvalue weighted by atomic mass is 16.5. The van der Waals surface area contributed by atoms with E-state index >= 15 is 0 Å². The highest BCUT2D eigenvalue weighted by Gasteiger charge is 2.15. The van der Waals surface area contributed by atoms with Gasteiger partial charge in [0.15, 0.2) is 0 Å². The lowest BCUT2D eigenvalue weighted by Gasteiger charge is -2.12. The average molecular weight is 391 g/mol. The summed E-state index contributed by atoms with van der Waals surface area (Å²) in [6.45, 7) is 4.15. The molecule has 0 spiro atoms. The number of aromatic nitrogens is 3. The number of hydrogen-bond donors (Lipinski definition) is 2. The lowest BCUT2D eigenvalue weighted by molar-refractivity contribution is 0.0527. The molecule has 2 aromatic heterocycles. The number of carbonyl (C=O) groups excluding carboxylic acids is 2. The van der Waals surface area contributed by atoms with Crippen LogP contribution in [0, 0.1) is 6.92 Å². The predicted molar refractivity (Wildman–Crippen MR) is 108 cm³/mol. The van der Waals surface area contributed by atoms with Gasteiger partial charge in [-0.15, -0.1) is 0 Å². The van der Waals surface area contributed by atoms with Crippen molar-refractivity contribution in [3.05, 3.63) is 77.4 Å². The summed E-state index contributed by atoms with van der Waals surface area (Å²) < 4.78 is 5.08. The number of anilines is 2. The number of hydrogen-bond acceptors (Lipinski definition) is 7. The van der Waals surface area contributed by atoms with Crippen molar-refractivity contribution in [2.75, 3.05) is 11.9 Å². The molecule has 0 saturated heterocycles. The Morgan fingerprint density at radius 1 is 1.07 bits per heavy atom. The molecule has 0 aliphatic rings. The van der Waals surface area contributed by atoms with Crippen molar-refractivity contribution in [1.82, 2.24) is 20.3 Å². The maximum atomic E-state index is 12.5. The van der Waals surface area contributed by atoms with Gasteiger partial charge in [-0.1, -0.05) is 12.1 Å². The van der Waals surface area contributed by atoms with Crippen LogP contribution in [0.4, 0.5) is 11.6 Å². The van der Waals surface area contributed by atoms with Crippen molar-refractivity contribution in [2.45, 2.75) is 20.4 Å². The van der Waals surface area contributed by atoms with E-state index in [1.165, 1.54) is 0 Å². The number of benzene rings is 1. The first-order chi connectivity index (χ1) is 14.1. The fourth-order valence-corrected chi connectivity index (χ4v) is 2.61. The fraction of sp³-hybridized carbons (Fsp3) is 0.190. The molecule has 0 radical (unpaired) electrons. The Morgan fingerprint density at radius 2 is 1.83 bits per heavy atom. The van der Waals surface area contributed by atoms with Gasteiger partial charge in [-0.25, -0.2) is 14.8 Å². The molecular formula is C21H21N5O3. The molecule has 3 aromatic rings. The molecule has 1 aromatic carbocycles. The summed E-state index contributed by atoms with van der Waals surface area (Å²) in [6.07, 6.45) is 3.33. The van der Waals surface area contributed by atoms with Crippen molar-refractivity contribution in [3.63, 3.8) is 0 Å². The van der Waals surface area contributed by atoms with E-state index in [1.54, 1.807) is 56.6 Å². The van der Waals surface area contributed by atoms with Gasteiger partial charge >= 0.3 is 5.97 Å². The third-order valence-corrected chi connectivity index (χ3v) is 3.96. The van der Waals surface area contributed by atoms with Crippen LogP contribution in [0.1, 0.15) is 39.0 Å². The van der Waals surface area contributed by atoms with Crippen molar-refractivity contribution >= 4 is 23.5 Å². The van der Waals surface area contributed by atoms with Crippen LogP contribution in [0.15, 0.2) is 54.9 Å². The number of carbonyl (C=O) groups is 2. The Bertz CT molecular complexity index is 1010. The van der Waals surface area contributed by atoms with Gasteiger partial charge in [0.25, 0.3) is 5.91 Å². The molecule has 1 amide bonds. The van der Waals surface area contributed by atoms with Crippen LogP contribution >= 0.6 is 0 Å². The zero-order chi connectivity index (χ0) is 20.6. The lowest BCUT2D eigenvalue weighted by atomic mass is 10.2. The molecule has 0 atom stereocenters. The first-order valence-corrected chi connectivity index (χ1v) is 9.12. The Morgan fingerprint density at radius 3 is 2.59 bits per heavy atom. The number of para-hydroxylation sites is 1. The van der Waals surface area contributed by atoms with Gasteiger partial charge in [0.2, 0.25) is 5.95 Å². The van der Waals surface area contributed by atoms with Crippen molar-refractivity contribution in [3.8, 4) is 0 Å². The molecule has 2 N–H and O–H groups in total. The van der Waals surface area contributed by atoms with Crippen LogP contribution in [0.5, 0.6) is 0 Å². The van der Waals surface area contributed by atoms with Gasteiger partial charge in [0.1, 0.15) is 5.69 Å². The van der Waals surface area contributed by atoms with E-state index in [0.717, 1.165) is 5.56 Å². The van der Waals surface area contributed by atoms with E-state index in [-0.39, 0.29) is 24.2 Å². The third-order valence-electron chi connectivity index (χ3n) is 3.96. The molecule has 0 bridgehead atoms. The van der Waals surface area contributed by atoms with Crippen LogP contribution in [-0.4, -0.2) is 33.4 Å². The van der Waals surface area contributed by atoms with E-state index in [0.29, 0.717) is 23.5 Å². The monoisotopic (exact) mass is 391 g/mol. The molecule has 0 aliphatic heterocycles. The number of nitrogens with zero attached hydrogens (tertiary/aromatic N) is 3. The summed E-state index contributed by atoms with van der Waals surface area (Å²) >= 11 is 0. The predicted octanol–water partition coefficient (Wildman–Crippen LogP) is 3.03. The number of aryl methyl sites for hydroxylation is 1. The number of pyridine rings is 1. The van der Waals surface area contributed by atoms with Crippen LogP contribution < -0.4 is 10.6 Å². The molecule has 0 unspecified atom stereocenters. The Labute approximate surface area is 168 Å². The maximum absolute atomic E-state index is 12.5. The van der Waals surface area contributed by atoms with E-state index in [9.17, 15) is 9.59 Å². The Balaban J connectivity index is 1.78. The Hall–Kier alpha value is -3.81. The fourth-order valence-electron chi connectivity index (χ4n) is 2.61. The zero-order valence-corrected chi connectivity index (χ0v) is 16.2. The second-order valence-electron chi connectivity index (χ2n) is 6.15. The summed E-state index contributed by atoms with van der Waals surface area (Å²) in [4.78, 5) is 37.2. The lowest BCUT2D eigenvalue weighted by Crippen LogP contribution is -2.24. The maximum Gasteiger partial charge on any atom is 0.340 e. The average Bonchev–Trinajstić information content (AvgIpc) is 2.73. The van der Waals surface area contributed by atoms with E-state index in [2.05, 4.69) is 25.6 Å². The van der Waals surface area contributed by atoms with Crippen LogP contribution in [0.2, 0.25) is 0 Å². The van der Waals surface area contributed by atoms with Gasteiger partial charge in [-0.2, -0.15) is 0 Å². The molecule has 3 rings (SSSR count). The summed E-state index contributed by atoms with van der Waals surface area (Å²) in [5, 5.41) is 5.83. The van der Waals surface area contributed by atoms with Crippen LogP contribution in [-0.2, 0) is 11.3 Å². The molecule has 0 fully saturated rings. The molecule has 29 heavy (non-hydrogen) atoms. The highest BCUT2D eigenvalue weighted by molar-refractivity contribution is 5.96. The molecular weight excluding hydrogens is 370 g/mol. The number of esters is 1. The van der Waals surface area contributed by atoms with Gasteiger partial charge in [-0.3, -0.25) is 9.78 Å². The second-order valence-corrected chi connectivity index (χ2v) is 6.15. The molecule has 8 heteroatoms. The number of rotatable bonds is 7. The van der Waals surface area contributed by atoms with Gasteiger partial charge in [0.05, 0.1) is 17.9 Å². The topological polar surface area (TPSA) is 106 Å². The minimum absolute atomic E-state index is 0.218. The molecule has 2 heterocycles. The highest BCUT2D eigenvalue weighted by Crippen LogP contribution is 2.20. The Kier molecular flexibility index (Phi) is 6.47. The summed E-state index contributed by atoms with van der Waals surface area (Å²) in [6, 6.07) is 12.1. The minimum Gasteiger partial charge on any atom is -0.462 e. The van der Waals surface area contributed by atoms with Crippen LogP contribution in [0.25, 0.3) is 0 Å². The van der Waals surface area contributed by atoms with Gasteiger partial charge in [-0.05, 0) is 49.7 Å². The quantitative estimate of drug-likeness (QED) is 0.596. The largest absolute Gasteiger partial charge is 0.462 e. The van der Waals surface area contributed by atoms with E-state index < -0.39 is 5.97 Å². The van der Waals surface area contributed by atoms with Crippen molar-refractivity contribution in [2.24, 2.45) is 0 Å². The number of amides is 1. The van der Waals surface area contributed by atoms with Crippen molar-refractivity contribution < 1.29 is 14.3 Å². The molecule has 0 saturated carbocycles. The van der Waals surface area contributed by atoms with E-state index in [4.69, 9.17) is 4.74 Å². The van der Waals surface area contributed by atoms with Crippen LogP contribution in [0.3, 0.4) is 0 Å². The molecule has 148 valence electrons. The van der Waals surface area contributed by atoms with Crippen molar-refractivity contribution in [1.29, 1.82) is 0 Å². The number of ether oxygens (including phenoxy) is 1. The van der Waals surface area contributed by atoms with Gasteiger partial charge < -0.3 is 15.4 Å². The first kappa shape index (κ1) is 19.9. The summed E-state index contributed by atoms with van der Waals surface area (Å²) in [5.74, 6) is -0.552. The second kappa shape index (κ2) is 9.41. The summed E-state index contributed by atoms with van der Waals surface area (Å²) in [7, 11) is 0. The SMILES string of the molecule is CCOC(=O)c1ccccc1Nc1nc(C)cc(C(=O)NCc2ccncc2)n1. The van der Waals surface area contributed by atoms with E-state index in [1.807, 2.05) is 12.1 Å².